The Hall–Kier alpha value is -2.37. The lowest BCUT2D eigenvalue weighted by atomic mass is 10.1. The standard InChI is InChI=1S/C14H16FN3O2/c1-3-20-14(19)12-7-13(16)18(17-12)8-10-9(2)5-4-6-11(10)15/h4-7H,3,8,16H2,1-2H3. The van der Waals surface area contributed by atoms with Gasteiger partial charge in [-0.15, -0.1) is 0 Å². The lowest BCUT2D eigenvalue weighted by Crippen LogP contribution is -2.10. The molecule has 0 saturated carbocycles. The number of nitrogens with zero attached hydrogens (tertiary/aromatic N) is 2. The fourth-order valence-corrected chi connectivity index (χ4v) is 1.88. The van der Waals surface area contributed by atoms with Crippen molar-refractivity contribution in [3.8, 4) is 0 Å². The van der Waals surface area contributed by atoms with Crippen LogP contribution in [0.3, 0.4) is 0 Å². The number of nitrogens with two attached hydrogens (primary N) is 1. The number of hydrogen-bond donors (Lipinski definition) is 1. The van der Waals surface area contributed by atoms with Crippen LogP contribution in [0.25, 0.3) is 0 Å². The molecule has 6 heteroatoms. The summed E-state index contributed by atoms with van der Waals surface area (Å²) < 4.78 is 20.0. The predicted octanol–water partition coefficient (Wildman–Crippen LogP) is 2.14. The molecule has 0 fully saturated rings. The SMILES string of the molecule is CCOC(=O)c1cc(N)n(Cc2c(C)cccc2F)n1. The van der Waals surface area contributed by atoms with Gasteiger partial charge >= 0.3 is 5.97 Å². The maximum atomic E-state index is 13.8. The Kier molecular flexibility index (Phi) is 4.02. The van der Waals surface area contributed by atoms with Crippen LogP contribution in [-0.2, 0) is 11.3 Å². The van der Waals surface area contributed by atoms with E-state index in [2.05, 4.69) is 5.10 Å². The van der Waals surface area contributed by atoms with E-state index in [-0.39, 0.29) is 30.5 Å². The van der Waals surface area contributed by atoms with Crippen LogP contribution < -0.4 is 5.73 Å². The number of esters is 1. The number of nitrogen functional groups attached to an aromatic ring is 1. The molecule has 5 nitrogen and oxygen atoms in total. The third-order valence-electron chi connectivity index (χ3n) is 2.96. The second-order valence-corrected chi connectivity index (χ2v) is 4.37. The quantitative estimate of drug-likeness (QED) is 0.869. The molecule has 2 aromatic rings. The summed E-state index contributed by atoms with van der Waals surface area (Å²) in [4.78, 5) is 11.6. The maximum absolute atomic E-state index is 13.8. The summed E-state index contributed by atoms with van der Waals surface area (Å²) in [6.45, 7) is 3.95. The van der Waals surface area contributed by atoms with Gasteiger partial charge in [0.2, 0.25) is 0 Å². The summed E-state index contributed by atoms with van der Waals surface area (Å²) in [5.74, 6) is -0.573. The van der Waals surface area contributed by atoms with Crippen LogP contribution in [-0.4, -0.2) is 22.4 Å². The molecule has 0 saturated heterocycles. The molecule has 0 aliphatic rings. The number of carbonyl (C=O) groups is 1. The van der Waals surface area contributed by atoms with Crippen LogP contribution in [0.5, 0.6) is 0 Å². The van der Waals surface area contributed by atoms with Gasteiger partial charge in [-0.1, -0.05) is 12.1 Å². The van der Waals surface area contributed by atoms with Gasteiger partial charge in [-0.25, -0.2) is 13.9 Å². The Balaban J connectivity index is 2.28. The Bertz CT molecular complexity index is 617. The molecule has 0 aliphatic carbocycles. The Labute approximate surface area is 116 Å². The molecule has 0 radical (unpaired) electrons. The van der Waals surface area contributed by atoms with Gasteiger partial charge in [0.1, 0.15) is 11.6 Å². The van der Waals surface area contributed by atoms with Gasteiger partial charge in [-0.05, 0) is 25.5 Å². The van der Waals surface area contributed by atoms with E-state index in [0.29, 0.717) is 5.56 Å². The van der Waals surface area contributed by atoms with Crippen LogP contribution in [0.2, 0.25) is 0 Å². The highest BCUT2D eigenvalue weighted by atomic mass is 19.1. The molecular formula is C14H16FN3O2. The van der Waals surface area contributed by atoms with Crippen molar-refractivity contribution in [2.24, 2.45) is 0 Å². The van der Waals surface area contributed by atoms with E-state index < -0.39 is 5.97 Å². The predicted molar refractivity (Wildman–Crippen MR) is 72.8 cm³/mol. The normalized spacial score (nSPS) is 10.6. The number of hydrogen-bond acceptors (Lipinski definition) is 4. The topological polar surface area (TPSA) is 70.1 Å². The molecule has 0 spiro atoms. The van der Waals surface area contributed by atoms with E-state index in [1.54, 1.807) is 13.0 Å². The van der Waals surface area contributed by atoms with Gasteiger partial charge in [0.15, 0.2) is 5.69 Å². The van der Waals surface area contributed by atoms with Gasteiger partial charge in [0.25, 0.3) is 0 Å². The minimum atomic E-state index is -0.539. The number of aromatic nitrogens is 2. The number of rotatable bonds is 4. The number of halogens is 1. The van der Waals surface area contributed by atoms with Crippen LogP contribution in [0.15, 0.2) is 24.3 Å². The third-order valence-corrected chi connectivity index (χ3v) is 2.96. The summed E-state index contributed by atoms with van der Waals surface area (Å²) in [6, 6.07) is 6.26. The zero-order valence-corrected chi connectivity index (χ0v) is 11.4. The van der Waals surface area contributed by atoms with Crippen molar-refractivity contribution in [3.05, 3.63) is 46.9 Å². The van der Waals surface area contributed by atoms with Crippen molar-refractivity contribution >= 4 is 11.8 Å². The fourth-order valence-electron chi connectivity index (χ4n) is 1.88. The highest BCUT2D eigenvalue weighted by molar-refractivity contribution is 5.88. The summed E-state index contributed by atoms with van der Waals surface area (Å²) in [5, 5.41) is 4.06. The van der Waals surface area contributed by atoms with Gasteiger partial charge < -0.3 is 10.5 Å². The van der Waals surface area contributed by atoms with Gasteiger partial charge in [0.05, 0.1) is 13.2 Å². The molecule has 0 unspecified atom stereocenters. The number of anilines is 1. The molecule has 0 aliphatic heterocycles. The van der Waals surface area contributed by atoms with Gasteiger partial charge in [0, 0.05) is 11.6 Å². The summed E-state index contributed by atoms with van der Waals surface area (Å²) >= 11 is 0. The number of benzene rings is 1. The first-order chi connectivity index (χ1) is 9.52. The molecular weight excluding hydrogens is 261 g/mol. The monoisotopic (exact) mass is 277 g/mol. The molecule has 1 aromatic heterocycles. The lowest BCUT2D eigenvalue weighted by Gasteiger charge is -2.08. The molecule has 2 rings (SSSR count). The molecule has 0 amide bonds. The highest BCUT2D eigenvalue weighted by Crippen LogP contribution is 2.16. The Morgan fingerprint density at radius 1 is 1.50 bits per heavy atom. The summed E-state index contributed by atoms with van der Waals surface area (Å²) in [5.41, 5.74) is 7.22. The summed E-state index contributed by atoms with van der Waals surface area (Å²) in [6.07, 6.45) is 0. The van der Waals surface area contributed by atoms with Crippen molar-refractivity contribution < 1.29 is 13.9 Å². The average Bonchev–Trinajstić information content (AvgIpc) is 2.76. The first-order valence-corrected chi connectivity index (χ1v) is 6.27. The van der Waals surface area contributed by atoms with Crippen molar-refractivity contribution in [3.63, 3.8) is 0 Å². The van der Waals surface area contributed by atoms with Crippen molar-refractivity contribution in [1.82, 2.24) is 9.78 Å². The molecule has 0 bridgehead atoms. The van der Waals surface area contributed by atoms with E-state index in [4.69, 9.17) is 10.5 Å². The van der Waals surface area contributed by atoms with E-state index in [1.807, 2.05) is 13.0 Å². The van der Waals surface area contributed by atoms with Crippen LogP contribution in [0, 0.1) is 12.7 Å². The van der Waals surface area contributed by atoms with Crippen LogP contribution >= 0.6 is 0 Å². The Morgan fingerprint density at radius 3 is 2.90 bits per heavy atom. The molecule has 0 atom stereocenters. The second-order valence-electron chi connectivity index (χ2n) is 4.37. The van der Waals surface area contributed by atoms with Crippen molar-refractivity contribution in [2.75, 3.05) is 12.3 Å². The zero-order valence-electron chi connectivity index (χ0n) is 11.4. The molecule has 20 heavy (non-hydrogen) atoms. The van der Waals surface area contributed by atoms with Crippen LogP contribution in [0.4, 0.5) is 10.2 Å². The largest absolute Gasteiger partial charge is 0.461 e. The number of ether oxygens (including phenoxy) is 1. The highest BCUT2D eigenvalue weighted by Gasteiger charge is 2.15. The van der Waals surface area contributed by atoms with Crippen molar-refractivity contribution in [1.29, 1.82) is 0 Å². The summed E-state index contributed by atoms with van der Waals surface area (Å²) in [7, 11) is 0. The van der Waals surface area contributed by atoms with E-state index >= 15 is 0 Å². The zero-order chi connectivity index (χ0) is 14.7. The van der Waals surface area contributed by atoms with Crippen LogP contribution in [0.1, 0.15) is 28.5 Å². The smallest absolute Gasteiger partial charge is 0.358 e. The first-order valence-electron chi connectivity index (χ1n) is 6.27. The minimum absolute atomic E-state index is 0.123. The molecule has 1 heterocycles. The first kappa shape index (κ1) is 14.0. The lowest BCUT2D eigenvalue weighted by molar-refractivity contribution is 0.0518. The van der Waals surface area contributed by atoms with E-state index in [0.717, 1.165) is 5.56 Å². The number of aryl methyl sites for hydroxylation is 1. The molecule has 106 valence electrons. The average molecular weight is 277 g/mol. The minimum Gasteiger partial charge on any atom is -0.461 e. The Morgan fingerprint density at radius 2 is 2.25 bits per heavy atom. The van der Waals surface area contributed by atoms with Crippen molar-refractivity contribution in [2.45, 2.75) is 20.4 Å². The van der Waals surface area contributed by atoms with E-state index in [9.17, 15) is 9.18 Å². The molecule has 1 aromatic carbocycles. The van der Waals surface area contributed by atoms with E-state index in [1.165, 1.54) is 16.8 Å². The maximum Gasteiger partial charge on any atom is 0.358 e. The third kappa shape index (κ3) is 2.79. The number of carbonyl (C=O) groups excluding carboxylic acids is 1. The van der Waals surface area contributed by atoms with Gasteiger partial charge in [-0.3, -0.25) is 0 Å². The van der Waals surface area contributed by atoms with Gasteiger partial charge in [-0.2, -0.15) is 5.10 Å². The second kappa shape index (κ2) is 5.73. The molecule has 2 N–H and O–H groups in total. The fraction of sp³-hybridized carbons (Fsp3) is 0.286.